The SMILES string of the molecule is Cc1ccc2c(c1)C1OCCCC1C(c1ccc(O)c(Br)c1)N2. The molecule has 2 N–H and O–H groups in total. The van der Waals surface area contributed by atoms with E-state index >= 15 is 0 Å². The molecule has 2 heterocycles. The molecule has 3 unspecified atom stereocenters. The van der Waals surface area contributed by atoms with E-state index in [4.69, 9.17) is 4.74 Å². The Balaban J connectivity index is 1.78. The highest BCUT2D eigenvalue weighted by molar-refractivity contribution is 9.10. The van der Waals surface area contributed by atoms with E-state index in [9.17, 15) is 5.11 Å². The van der Waals surface area contributed by atoms with Crippen LogP contribution in [0.1, 0.15) is 41.7 Å². The molecule has 0 amide bonds. The van der Waals surface area contributed by atoms with Crippen LogP contribution in [0.5, 0.6) is 5.75 Å². The normalized spacial score (nSPS) is 26.1. The average Bonchev–Trinajstić information content (AvgIpc) is 2.57. The fourth-order valence-electron chi connectivity index (χ4n) is 3.84. The van der Waals surface area contributed by atoms with Crippen LogP contribution in [0.15, 0.2) is 40.9 Å². The fourth-order valence-corrected chi connectivity index (χ4v) is 4.23. The molecule has 120 valence electrons. The molecule has 0 aromatic heterocycles. The van der Waals surface area contributed by atoms with Crippen molar-refractivity contribution >= 4 is 21.6 Å². The van der Waals surface area contributed by atoms with E-state index in [0.717, 1.165) is 29.6 Å². The Morgan fingerprint density at radius 2 is 2.09 bits per heavy atom. The van der Waals surface area contributed by atoms with Gasteiger partial charge in [-0.05, 0) is 59.5 Å². The lowest BCUT2D eigenvalue weighted by Crippen LogP contribution is -2.36. The molecule has 0 aliphatic carbocycles. The predicted molar refractivity (Wildman–Crippen MR) is 94.8 cm³/mol. The first-order valence-electron chi connectivity index (χ1n) is 8.10. The van der Waals surface area contributed by atoms with E-state index in [0.29, 0.717) is 5.92 Å². The average molecular weight is 374 g/mol. The molecule has 3 nitrogen and oxygen atoms in total. The van der Waals surface area contributed by atoms with Crippen molar-refractivity contribution in [3.8, 4) is 5.75 Å². The molecule has 4 heteroatoms. The lowest BCUT2D eigenvalue weighted by Gasteiger charge is -2.43. The first kappa shape index (κ1) is 15.0. The van der Waals surface area contributed by atoms with Crippen LogP contribution in [0.3, 0.4) is 0 Å². The van der Waals surface area contributed by atoms with E-state index < -0.39 is 0 Å². The number of fused-ring (bicyclic) bond motifs is 3. The first-order chi connectivity index (χ1) is 11.1. The van der Waals surface area contributed by atoms with Crippen molar-refractivity contribution in [2.45, 2.75) is 31.9 Å². The smallest absolute Gasteiger partial charge is 0.129 e. The zero-order valence-corrected chi connectivity index (χ0v) is 14.6. The van der Waals surface area contributed by atoms with Crippen molar-refractivity contribution in [1.29, 1.82) is 0 Å². The third kappa shape index (κ3) is 2.64. The molecule has 0 radical (unpaired) electrons. The second kappa shape index (κ2) is 5.84. The molecule has 1 saturated heterocycles. The van der Waals surface area contributed by atoms with Gasteiger partial charge in [0.1, 0.15) is 5.75 Å². The molecule has 1 fully saturated rings. The molecule has 2 aliphatic heterocycles. The summed E-state index contributed by atoms with van der Waals surface area (Å²) in [4.78, 5) is 0. The van der Waals surface area contributed by atoms with Crippen molar-refractivity contribution < 1.29 is 9.84 Å². The molecular weight excluding hydrogens is 354 g/mol. The number of aryl methyl sites for hydroxylation is 1. The number of hydrogen-bond donors (Lipinski definition) is 2. The summed E-state index contributed by atoms with van der Waals surface area (Å²) in [5.41, 5.74) is 4.89. The molecule has 23 heavy (non-hydrogen) atoms. The zero-order chi connectivity index (χ0) is 16.0. The summed E-state index contributed by atoms with van der Waals surface area (Å²) in [6.07, 6.45) is 2.39. The molecule has 2 aromatic carbocycles. The second-order valence-corrected chi connectivity index (χ2v) is 7.38. The Labute approximate surface area is 144 Å². The molecule has 2 aliphatic rings. The highest BCUT2D eigenvalue weighted by Gasteiger charge is 2.39. The van der Waals surface area contributed by atoms with Crippen LogP contribution in [-0.4, -0.2) is 11.7 Å². The number of aromatic hydroxyl groups is 1. The lowest BCUT2D eigenvalue weighted by molar-refractivity contribution is -0.0381. The molecule has 4 rings (SSSR count). The summed E-state index contributed by atoms with van der Waals surface area (Å²) in [6, 6.07) is 12.5. The van der Waals surface area contributed by atoms with E-state index in [-0.39, 0.29) is 17.9 Å². The molecule has 0 spiro atoms. The number of phenolic OH excluding ortho intramolecular Hbond substituents is 1. The summed E-state index contributed by atoms with van der Waals surface area (Å²) in [7, 11) is 0. The summed E-state index contributed by atoms with van der Waals surface area (Å²) >= 11 is 3.43. The minimum atomic E-state index is 0.150. The molecule has 2 aromatic rings. The van der Waals surface area contributed by atoms with Crippen LogP contribution in [0.25, 0.3) is 0 Å². The van der Waals surface area contributed by atoms with Crippen LogP contribution in [0.4, 0.5) is 5.69 Å². The monoisotopic (exact) mass is 373 g/mol. The van der Waals surface area contributed by atoms with Gasteiger partial charge in [0.2, 0.25) is 0 Å². The topological polar surface area (TPSA) is 41.5 Å². The van der Waals surface area contributed by atoms with Crippen LogP contribution in [-0.2, 0) is 4.74 Å². The Hall–Kier alpha value is -1.52. The van der Waals surface area contributed by atoms with Crippen molar-refractivity contribution in [3.05, 3.63) is 57.6 Å². The molecule has 0 saturated carbocycles. The van der Waals surface area contributed by atoms with Crippen molar-refractivity contribution in [2.75, 3.05) is 11.9 Å². The number of phenols is 1. The molecular formula is C19H20BrNO2. The van der Waals surface area contributed by atoms with Crippen LogP contribution in [0.2, 0.25) is 0 Å². The highest BCUT2D eigenvalue weighted by atomic mass is 79.9. The maximum Gasteiger partial charge on any atom is 0.129 e. The van der Waals surface area contributed by atoms with Crippen molar-refractivity contribution in [2.24, 2.45) is 5.92 Å². The number of halogens is 1. The van der Waals surface area contributed by atoms with Crippen LogP contribution in [0, 0.1) is 12.8 Å². The van der Waals surface area contributed by atoms with Crippen molar-refractivity contribution in [3.63, 3.8) is 0 Å². The van der Waals surface area contributed by atoms with Gasteiger partial charge in [0, 0.05) is 23.8 Å². The number of hydrogen-bond acceptors (Lipinski definition) is 3. The minimum Gasteiger partial charge on any atom is -0.507 e. The zero-order valence-electron chi connectivity index (χ0n) is 13.1. The predicted octanol–water partition coefficient (Wildman–Crippen LogP) is 5.10. The number of anilines is 1. The Kier molecular flexibility index (Phi) is 3.82. The Morgan fingerprint density at radius 3 is 2.91 bits per heavy atom. The summed E-state index contributed by atoms with van der Waals surface area (Å²) < 4.78 is 6.90. The van der Waals surface area contributed by atoms with Gasteiger partial charge in [-0.15, -0.1) is 0 Å². The van der Waals surface area contributed by atoms with E-state index in [1.54, 1.807) is 6.07 Å². The number of ether oxygens (including phenoxy) is 1. The van der Waals surface area contributed by atoms with E-state index in [2.05, 4.69) is 46.4 Å². The quantitative estimate of drug-likeness (QED) is 0.730. The third-order valence-electron chi connectivity index (χ3n) is 4.95. The second-order valence-electron chi connectivity index (χ2n) is 6.52. The van der Waals surface area contributed by atoms with Gasteiger partial charge in [0.15, 0.2) is 0 Å². The molecule has 0 bridgehead atoms. The third-order valence-corrected chi connectivity index (χ3v) is 5.59. The molecule has 3 atom stereocenters. The van der Waals surface area contributed by atoms with Crippen LogP contribution >= 0.6 is 15.9 Å². The van der Waals surface area contributed by atoms with Gasteiger partial charge in [-0.3, -0.25) is 0 Å². The van der Waals surface area contributed by atoms with E-state index in [1.807, 2.05) is 12.1 Å². The van der Waals surface area contributed by atoms with Gasteiger partial charge in [0.25, 0.3) is 0 Å². The van der Waals surface area contributed by atoms with Gasteiger partial charge in [-0.2, -0.15) is 0 Å². The number of rotatable bonds is 1. The summed E-state index contributed by atoms with van der Waals surface area (Å²) in [5.74, 6) is 0.687. The fraction of sp³-hybridized carbons (Fsp3) is 0.368. The summed E-state index contributed by atoms with van der Waals surface area (Å²) in [5, 5.41) is 13.5. The van der Waals surface area contributed by atoms with Gasteiger partial charge in [-0.1, -0.05) is 23.8 Å². The van der Waals surface area contributed by atoms with Gasteiger partial charge >= 0.3 is 0 Å². The summed E-state index contributed by atoms with van der Waals surface area (Å²) in [6.45, 7) is 2.96. The Morgan fingerprint density at radius 1 is 1.22 bits per heavy atom. The first-order valence-corrected chi connectivity index (χ1v) is 8.90. The van der Waals surface area contributed by atoms with Gasteiger partial charge in [-0.25, -0.2) is 0 Å². The van der Waals surface area contributed by atoms with Crippen LogP contribution < -0.4 is 5.32 Å². The van der Waals surface area contributed by atoms with Gasteiger partial charge < -0.3 is 15.2 Å². The minimum absolute atomic E-state index is 0.150. The number of nitrogens with one attached hydrogen (secondary N) is 1. The lowest BCUT2D eigenvalue weighted by atomic mass is 9.77. The van der Waals surface area contributed by atoms with Gasteiger partial charge in [0.05, 0.1) is 16.6 Å². The van der Waals surface area contributed by atoms with Crippen molar-refractivity contribution in [1.82, 2.24) is 0 Å². The highest BCUT2D eigenvalue weighted by Crippen LogP contribution is 2.49. The number of benzene rings is 2. The largest absolute Gasteiger partial charge is 0.507 e. The maximum atomic E-state index is 9.77. The van der Waals surface area contributed by atoms with E-state index in [1.165, 1.54) is 16.7 Å². The Bertz CT molecular complexity index is 746. The standard InChI is InChI=1S/C19H20BrNO2/c1-11-4-6-16-14(9-11)19-13(3-2-8-23-19)18(21-16)12-5-7-17(22)15(20)10-12/h4-7,9-10,13,18-19,21-22H,2-3,8H2,1H3. The maximum absolute atomic E-state index is 9.77.